The minimum atomic E-state index is -0.453. The van der Waals surface area contributed by atoms with E-state index in [1.165, 1.54) is 16.9 Å². The summed E-state index contributed by atoms with van der Waals surface area (Å²) in [6.07, 6.45) is 5.54. The number of rotatable bonds is 3. The van der Waals surface area contributed by atoms with Crippen molar-refractivity contribution in [2.45, 2.75) is 18.8 Å². The third-order valence-electron chi connectivity index (χ3n) is 2.83. The van der Waals surface area contributed by atoms with E-state index in [9.17, 15) is 10.1 Å². The number of pyridine rings is 1. The molecule has 1 fully saturated rings. The van der Waals surface area contributed by atoms with Gasteiger partial charge in [-0.3, -0.25) is 10.1 Å². The molecule has 18 heavy (non-hydrogen) atoms. The molecule has 2 aromatic rings. The van der Waals surface area contributed by atoms with E-state index in [-0.39, 0.29) is 11.5 Å². The summed E-state index contributed by atoms with van der Waals surface area (Å²) in [7, 11) is 0. The molecule has 0 spiro atoms. The molecule has 6 nitrogen and oxygen atoms in total. The highest BCUT2D eigenvalue weighted by molar-refractivity contribution is 9.10. The van der Waals surface area contributed by atoms with E-state index in [4.69, 9.17) is 0 Å². The fraction of sp³-hybridized carbons (Fsp3) is 0.273. The van der Waals surface area contributed by atoms with E-state index in [1.807, 2.05) is 6.07 Å². The standard InChI is InChI=1S/C11H9BrN4O2/c12-8-5-10(16(17)18)11(13-6-8)15-4-3-9(14-15)7-1-2-7/h3-7H,1-2H2. The van der Waals surface area contributed by atoms with Gasteiger partial charge in [-0.05, 0) is 34.8 Å². The molecule has 1 aliphatic rings. The van der Waals surface area contributed by atoms with Crippen molar-refractivity contribution >= 4 is 21.6 Å². The zero-order valence-corrected chi connectivity index (χ0v) is 10.9. The highest BCUT2D eigenvalue weighted by Crippen LogP contribution is 2.39. The molecule has 2 heterocycles. The van der Waals surface area contributed by atoms with Crippen LogP contribution in [-0.4, -0.2) is 19.7 Å². The van der Waals surface area contributed by atoms with Gasteiger partial charge in [0.15, 0.2) is 0 Å². The third-order valence-corrected chi connectivity index (χ3v) is 3.27. The molecular formula is C11H9BrN4O2. The molecule has 7 heteroatoms. The van der Waals surface area contributed by atoms with Gasteiger partial charge in [-0.1, -0.05) is 0 Å². The van der Waals surface area contributed by atoms with Crippen LogP contribution in [0.2, 0.25) is 0 Å². The molecule has 0 aliphatic heterocycles. The molecule has 0 amide bonds. The zero-order chi connectivity index (χ0) is 12.7. The molecule has 1 saturated carbocycles. The maximum absolute atomic E-state index is 11.0. The van der Waals surface area contributed by atoms with Crippen molar-refractivity contribution in [3.05, 3.63) is 44.8 Å². The maximum Gasteiger partial charge on any atom is 0.314 e. The first-order chi connectivity index (χ1) is 8.65. The molecule has 0 bridgehead atoms. The summed E-state index contributed by atoms with van der Waals surface area (Å²) in [5.41, 5.74) is 0.920. The molecule has 0 saturated heterocycles. The van der Waals surface area contributed by atoms with Crippen LogP contribution in [0.15, 0.2) is 29.0 Å². The van der Waals surface area contributed by atoms with E-state index < -0.39 is 4.92 Å². The molecule has 3 rings (SSSR count). The number of halogens is 1. The van der Waals surface area contributed by atoms with Crippen LogP contribution in [0.25, 0.3) is 5.82 Å². The molecule has 0 aromatic carbocycles. The van der Waals surface area contributed by atoms with Gasteiger partial charge in [0.25, 0.3) is 0 Å². The smallest absolute Gasteiger partial charge is 0.258 e. The van der Waals surface area contributed by atoms with Crippen LogP contribution in [0, 0.1) is 10.1 Å². The number of hydrogen-bond donors (Lipinski definition) is 0. The van der Waals surface area contributed by atoms with Crippen molar-refractivity contribution in [1.82, 2.24) is 14.8 Å². The summed E-state index contributed by atoms with van der Waals surface area (Å²) in [5.74, 6) is 0.760. The normalized spacial score (nSPS) is 14.7. The Morgan fingerprint density at radius 2 is 2.28 bits per heavy atom. The van der Waals surface area contributed by atoms with Gasteiger partial charge in [0, 0.05) is 28.9 Å². The highest BCUT2D eigenvalue weighted by Gasteiger charge is 2.27. The fourth-order valence-corrected chi connectivity index (χ4v) is 2.10. The van der Waals surface area contributed by atoms with Crippen molar-refractivity contribution in [2.24, 2.45) is 0 Å². The second-order valence-electron chi connectivity index (χ2n) is 4.21. The Bertz CT molecular complexity index is 621. The van der Waals surface area contributed by atoms with Crippen LogP contribution < -0.4 is 0 Å². The van der Waals surface area contributed by atoms with Gasteiger partial charge in [0.05, 0.1) is 10.6 Å². The summed E-state index contributed by atoms with van der Waals surface area (Å²) >= 11 is 3.18. The van der Waals surface area contributed by atoms with Crippen molar-refractivity contribution in [1.29, 1.82) is 0 Å². The SMILES string of the molecule is O=[N+]([O-])c1cc(Br)cnc1-n1ccc(C2CC2)n1. The largest absolute Gasteiger partial charge is 0.314 e. The summed E-state index contributed by atoms with van der Waals surface area (Å²) in [6.45, 7) is 0. The average molecular weight is 309 g/mol. The Kier molecular flexibility index (Phi) is 2.62. The van der Waals surface area contributed by atoms with Crippen LogP contribution in [0.4, 0.5) is 5.69 Å². The quantitative estimate of drug-likeness (QED) is 0.645. The lowest BCUT2D eigenvalue weighted by atomic mass is 10.3. The first-order valence-corrected chi connectivity index (χ1v) is 6.30. The van der Waals surface area contributed by atoms with E-state index >= 15 is 0 Å². The molecule has 1 aliphatic carbocycles. The molecule has 0 unspecified atom stereocenters. The number of nitro groups is 1. The minimum absolute atomic E-state index is 0.0604. The van der Waals surface area contributed by atoms with Gasteiger partial charge in [-0.25, -0.2) is 9.67 Å². The van der Waals surface area contributed by atoms with Crippen molar-refractivity contribution in [3.8, 4) is 5.82 Å². The van der Waals surface area contributed by atoms with Gasteiger partial charge in [-0.15, -0.1) is 0 Å². The predicted octanol–water partition coefficient (Wildman–Crippen LogP) is 2.82. The van der Waals surface area contributed by atoms with Crippen molar-refractivity contribution in [2.75, 3.05) is 0 Å². The number of aromatic nitrogens is 3. The summed E-state index contributed by atoms with van der Waals surface area (Å²) in [5, 5.41) is 15.4. The Morgan fingerprint density at radius 3 is 2.94 bits per heavy atom. The van der Waals surface area contributed by atoms with Gasteiger partial charge in [-0.2, -0.15) is 5.10 Å². The molecule has 0 N–H and O–H groups in total. The maximum atomic E-state index is 11.0. The molecule has 2 aromatic heterocycles. The summed E-state index contributed by atoms with van der Waals surface area (Å²) in [6, 6.07) is 3.33. The molecule has 0 atom stereocenters. The third kappa shape index (κ3) is 2.01. The van der Waals surface area contributed by atoms with Gasteiger partial charge < -0.3 is 0 Å². The van der Waals surface area contributed by atoms with E-state index in [2.05, 4.69) is 26.0 Å². The van der Waals surface area contributed by atoms with Crippen LogP contribution in [0.3, 0.4) is 0 Å². The van der Waals surface area contributed by atoms with Crippen molar-refractivity contribution in [3.63, 3.8) is 0 Å². The van der Waals surface area contributed by atoms with E-state index in [0.717, 1.165) is 18.5 Å². The number of nitrogens with zero attached hydrogens (tertiary/aromatic N) is 4. The van der Waals surface area contributed by atoms with Gasteiger partial charge in [0.1, 0.15) is 0 Å². The summed E-state index contributed by atoms with van der Waals surface area (Å²) in [4.78, 5) is 14.6. The topological polar surface area (TPSA) is 73.8 Å². The lowest BCUT2D eigenvalue weighted by molar-refractivity contribution is -0.385. The van der Waals surface area contributed by atoms with Crippen LogP contribution in [-0.2, 0) is 0 Å². The first-order valence-electron chi connectivity index (χ1n) is 5.51. The lowest BCUT2D eigenvalue weighted by Gasteiger charge is -2.02. The molecular weight excluding hydrogens is 300 g/mol. The van der Waals surface area contributed by atoms with Crippen LogP contribution in [0.5, 0.6) is 0 Å². The lowest BCUT2D eigenvalue weighted by Crippen LogP contribution is -2.04. The Hall–Kier alpha value is -1.76. The van der Waals surface area contributed by atoms with Crippen molar-refractivity contribution < 1.29 is 4.92 Å². The molecule has 0 radical (unpaired) electrons. The second kappa shape index (κ2) is 4.16. The predicted molar refractivity (Wildman–Crippen MR) is 67.7 cm³/mol. The van der Waals surface area contributed by atoms with Crippen LogP contribution >= 0.6 is 15.9 Å². The Labute approximate surface area is 111 Å². The van der Waals surface area contributed by atoms with E-state index in [0.29, 0.717) is 10.4 Å². The van der Waals surface area contributed by atoms with E-state index in [1.54, 1.807) is 6.20 Å². The Balaban J connectivity index is 2.06. The minimum Gasteiger partial charge on any atom is -0.258 e. The monoisotopic (exact) mass is 308 g/mol. The molecule has 92 valence electrons. The highest BCUT2D eigenvalue weighted by atomic mass is 79.9. The van der Waals surface area contributed by atoms with Crippen LogP contribution in [0.1, 0.15) is 24.5 Å². The van der Waals surface area contributed by atoms with Gasteiger partial charge >= 0.3 is 5.69 Å². The zero-order valence-electron chi connectivity index (χ0n) is 9.28. The second-order valence-corrected chi connectivity index (χ2v) is 5.13. The Morgan fingerprint density at radius 1 is 1.50 bits per heavy atom. The average Bonchev–Trinajstić information content (AvgIpc) is 3.08. The fourth-order valence-electron chi connectivity index (χ4n) is 1.79. The summed E-state index contributed by atoms with van der Waals surface area (Å²) < 4.78 is 2.05. The number of hydrogen-bond acceptors (Lipinski definition) is 4. The van der Waals surface area contributed by atoms with Gasteiger partial charge in [0.2, 0.25) is 5.82 Å². The first kappa shape index (κ1) is 11.3.